The number of methoxy groups -OCH3 is 2. The van der Waals surface area contributed by atoms with E-state index in [-0.39, 0.29) is 0 Å². The Labute approximate surface area is 105 Å². The number of halogens is 1. The zero-order valence-corrected chi connectivity index (χ0v) is 10.7. The van der Waals surface area contributed by atoms with E-state index in [2.05, 4.69) is 4.74 Å². The van der Waals surface area contributed by atoms with E-state index in [9.17, 15) is 9.90 Å². The Kier molecular flexibility index (Phi) is 4.78. The van der Waals surface area contributed by atoms with Crippen LogP contribution in [0, 0.1) is 0 Å². The largest absolute Gasteiger partial charge is 0.496 e. The molecular weight excluding hydrogens is 244 g/mol. The summed E-state index contributed by atoms with van der Waals surface area (Å²) in [5.41, 5.74) is 1.17. The second-order valence-corrected chi connectivity index (χ2v) is 3.89. The molecule has 0 aromatic heterocycles. The first-order valence-corrected chi connectivity index (χ1v) is 5.55. The van der Waals surface area contributed by atoms with Crippen LogP contribution in [0.15, 0.2) is 12.1 Å². The van der Waals surface area contributed by atoms with Crippen LogP contribution >= 0.6 is 11.6 Å². The maximum absolute atomic E-state index is 11.3. The maximum Gasteiger partial charge on any atom is 0.339 e. The molecule has 94 valence electrons. The van der Waals surface area contributed by atoms with Gasteiger partial charge in [0.05, 0.1) is 14.2 Å². The molecule has 1 aromatic carbocycles. The summed E-state index contributed by atoms with van der Waals surface area (Å²) in [6, 6.07) is 3.19. The van der Waals surface area contributed by atoms with Crippen LogP contribution in [0.1, 0.15) is 24.2 Å². The monoisotopic (exact) mass is 258 g/mol. The standard InChI is InChI=1S/C12H15ClO4/c1-4-8-9(11(14)12(15)17-3)5-7(13)6-10(8)16-2/h5-6,11,14H,4H2,1-3H3. The molecule has 0 aliphatic heterocycles. The lowest BCUT2D eigenvalue weighted by molar-refractivity contribution is -0.150. The predicted octanol–water partition coefficient (Wildman–Crippen LogP) is 2.12. The highest BCUT2D eigenvalue weighted by Crippen LogP contribution is 2.32. The van der Waals surface area contributed by atoms with E-state index in [0.717, 1.165) is 5.56 Å². The van der Waals surface area contributed by atoms with E-state index >= 15 is 0 Å². The van der Waals surface area contributed by atoms with Crippen molar-refractivity contribution in [3.05, 3.63) is 28.3 Å². The molecule has 1 rings (SSSR count). The number of carbonyl (C=O) groups excluding carboxylic acids is 1. The summed E-state index contributed by atoms with van der Waals surface area (Å²) in [7, 11) is 2.73. The van der Waals surface area contributed by atoms with Crippen molar-refractivity contribution in [3.8, 4) is 5.75 Å². The molecule has 0 saturated carbocycles. The highest BCUT2D eigenvalue weighted by atomic mass is 35.5. The Morgan fingerprint density at radius 1 is 1.47 bits per heavy atom. The number of aliphatic hydroxyl groups excluding tert-OH is 1. The molecule has 0 amide bonds. The molecule has 0 spiro atoms. The quantitative estimate of drug-likeness (QED) is 0.841. The third-order valence-electron chi connectivity index (χ3n) is 2.50. The van der Waals surface area contributed by atoms with E-state index in [1.807, 2.05) is 6.92 Å². The minimum atomic E-state index is -1.34. The van der Waals surface area contributed by atoms with Crippen molar-refractivity contribution in [2.24, 2.45) is 0 Å². The van der Waals surface area contributed by atoms with Gasteiger partial charge in [-0.15, -0.1) is 0 Å². The van der Waals surface area contributed by atoms with Gasteiger partial charge >= 0.3 is 5.97 Å². The fourth-order valence-corrected chi connectivity index (χ4v) is 1.89. The van der Waals surface area contributed by atoms with Crippen LogP contribution in [-0.4, -0.2) is 25.3 Å². The van der Waals surface area contributed by atoms with Gasteiger partial charge in [0.1, 0.15) is 5.75 Å². The molecule has 0 aliphatic rings. The number of aliphatic hydroxyl groups is 1. The van der Waals surface area contributed by atoms with Crippen molar-refractivity contribution in [3.63, 3.8) is 0 Å². The van der Waals surface area contributed by atoms with E-state index in [0.29, 0.717) is 22.8 Å². The summed E-state index contributed by atoms with van der Waals surface area (Å²) in [4.78, 5) is 11.3. The number of esters is 1. The fraction of sp³-hybridized carbons (Fsp3) is 0.417. The molecule has 0 bridgehead atoms. The van der Waals surface area contributed by atoms with Gasteiger partial charge in [-0.1, -0.05) is 18.5 Å². The van der Waals surface area contributed by atoms with Crippen molar-refractivity contribution >= 4 is 17.6 Å². The lowest BCUT2D eigenvalue weighted by Gasteiger charge is -2.16. The van der Waals surface area contributed by atoms with Crippen LogP contribution in [0.25, 0.3) is 0 Å². The second kappa shape index (κ2) is 5.89. The number of rotatable bonds is 4. The Morgan fingerprint density at radius 3 is 2.59 bits per heavy atom. The van der Waals surface area contributed by atoms with Crippen LogP contribution in [0.5, 0.6) is 5.75 Å². The van der Waals surface area contributed by atoms with Gasteiger partial charge in [-0.2, -0.15) is 0 Å². The molecule has 0 aliphatic carbocycles. The first-order chi connectivity index (χ1) is 8.04. The Balaban J connectivity index is 3.30. The average molecular weight is 259 g/mol. The van der Waals surface area contributed by atoms with Crippen LogP contribution < -0.4 is 4.74 Å². The molecule has 1 unspecified atom stereocenters. The lowest BCUT2D eigenvalue weighted by Crippen LogP contribution is -2.15. The minimum Gasteiger partial charge on any atom is -0.496 e. The number of hydrogen-bond donors (Lipinski definition) is 1. The number of benzene rings is 1. The van der Waals surface area contributed by atoms with Gasteiger partial charge in [-0.05, 0) is 18.6 Å². The van der Waals surface area contributed by atoms with Crippen LogP contribution in [-0.2, 0) is 16.0 Å². The van der Waals surface area contributed by atoms with Crippen LogP contribution in [0.4, 0.5) is 0 Å². The molecule has 0 saturated heterocycles. The number of carbonyl (C=O) groups is 1. The molecule has 0 fully saturated rings. The predicted molar refractivity (Wildman–Crippen MR) is 64.4 cm³/mol. The average Bonchev–Trinajstić information content (AvgIpc) is 2.35. The van der Waals surface area contributed by atoms with Gasteiger partial charge in [0.2, 0.25) is 0 Å². The van der Waals surface area contributed by atoms with E-state index in [1.165, 1.54) is 14.2 Å². The third-order valence-corrected chi connectivity index (χ3v) is 2.72. The summed E-state index contributed by atoms with van der Waals surface area (Å²) in [5, 5.41) is 10.3. The fourth-order valence-electron chi connectivity index (χ4n) is 1.67. The molecule has 0 radical (unpaired) electrons. The first kappa shape index (κ1) is 13.8. The van der Waals surface area contributed by atoms with Gasteiger partial charge < -0.3 is 14.6 Å². The van der Waals surface area contributed by atoms with Crippen LogP contribution in [0.3, 0.4) is 0 Å². The van der Waals surface area contributed by atoms with Crippen molar-refractivity contribution in [1.82, 2.24) is 0 Å². The molecule has 5 heteroatoms. The molecule has 17 heavy (non-hydrogen) atoms. The Bertz CT molecular complexity index is 417. The van der Waals surface area contributed by atoms with Crippen molar-refractivity contribution in [2.75, 3.05) is 14.2 Å². The zero-order chi connectivity index (χ0) is 13.0. The number of hydrogen-bond acceptors (Lipinski definition) is 4. The second-order valence-electron chi connectivity index (χ2n) is 3.46. The van der Waals surface area contributed by atoms with Crippen molar-refractivity contribution < 1.29 is 19.4 Å². The smallest absolute Gasteiger partial charge is 0.339 e. The molecule has 0 heterocycles. The summed E-state index contributed by atoms with van der Waals surface area (Å²) in [5.74, 6) is -0.165. The highest BCUT2D eigenvalue weighted by Gasteiger charge is 2.23. The summed E-state index contributed by atoms with van der Waals surface area (Å²) in [6.07, 6.45) is -0.730. The summed E-state index contributed by atoms with van der Waals surface area (Å²) >= 11 is 5.91. The van der Waals surface area contributed by atoms with Crippen LogP contribution in [0.2, 0.25) is 5.02 Å². The SMILES string of the molecule is CCc1c(OC)cc(Cl)cc1C(O)C(=O)OC. The van der Waals surface area contributed by atoms with E-state index < -0.39 is 12.1 Å². The lowest BCUT2D eigenvalue weighted by atomic mass is 9.99. The number of ether oxygens (including phenoxy) is 2. The topological polar surface area (TPSA) is 55.8 Å². The normalized spacial score (nSPS) is 12.1. The van der Waals surface area contributed by atoms with Crippen molar-refractivity contribution in [2.45, 2.75) is 19.4 Å². The Hall–Kier alpha value is -1.26. The molecule has 1 N–H and O–H groups in total. The highest BCUT2D eigenvalue weighted by molar-refractivity contribution is 6.30. The minimum absolute atomic E-state index is 0.400. The van der Waals surface area contributed by atoms with Gasteiger partial charge in [-0.3, -0.25) is 0 Å². The van der Waals surface area contributed by atoms with Gasteiger partial charge in [0.25, 0.3) is 0 Å². The summed E-state index contributed by atoms with van der Waals surface area (Å²) in [6.45, 7) is 1.90. The summed E-state index contributed by atoms with van der Waals surface area (Å²) < 4.78 is 9.68. The van der Waals surface area contributed by atoms with E-state index in [4.69, 9.17) is 16.3 Å². The Morgan fingerprint density at radius 2 is 2.12 bits per heavy atom. The zero-order valence-electron chi connectivity index (χ0n) is 9.99. The van der Waals surface area contributed by atoms with E-state index in [1.54, 1.807) is 12.1 Å². The van der Waals surface area contributed by atoms with Gasteiger partial charge in [0, 0.05) is 16.1 Å². The maximum atomic E-state index is 11.3. The van der Waals surface area contributed by atoms with Crippen molar-refractivity contribution in [1.29, 1.82) is 0 Å². The molecule has 1 aromatic rings. The molecular formula is C12H15ClO4. The molecule has 1 atom stereocenters. The van der Waals surface area contributed by atoms with Gasteiger partial charge in [0.15, 0.2) is 6.10 Å². The first-order valence-electron chi connectivity index (χ1n) is 5.17. The third kappa shape index (κ3) is 2.90. The molecule has 4 nitrogen and oxygen atoms in total. The van der Waals surface area contributed by atoms with Gasteiger partial charge in [-0.25, -0.2) is 4.79 Å².